The smallest absolute Gasteiger partial charge is 0.238 e. The van der Waals surface area contributed by atoms with Crippen molar-refractivity contribution in [2.45, 2.75) is 33.6 Å². The van der Waals surface area contributed by atoms with Gasteiger partial charge < -0.3 is 0 Å². The summed E-state index contributed by atoms with van der Waals surface area (Å²) in [5, 5.41) is 0. The van der Waals surface area contributed by atoms with Crippen LogP contribution in [0.5, 0.6) is 0 Å². The van der Waals surface area contributed by atoms with Crippen LogP contribution in [0.3, 0.4) is 0 Å². The summed E-state index contributed by atoms with van der Waals surface area (Å²) in [4.78, 5) is 39.0. The Morgan fingerprint density at radius 3 is 2.08 bits per heavy atom. The molecule has 1 aromatic rings. The van der Waals surface area contributed by atoms with E-state index in [1.54, 1.807) is 24.3 Å². The van der Waals surface area contributed by atoms with Crippen LogP contribution < -0.4 is 4.90 Å². The van der Waals surface area contributed by atoms with E-state index in [-0.39, 0.29) is 41.3 Å². The molecular formula is C20H21NO3. The molecule has 4 heteroatoms. The molecule has 0 unspecified atom stereocenters. The van der Waals surface area contributed by atoms with Crippen molar-refractivity contribution in [3.8, 4) is 0 Å². The summed E-state index contributed by atoms with van der Waals surface area (Å²) in [6.45, 7) is 5.66. The lowest BCUT2D eigenvalue weighted by Crippen LogP contribution is -2.33. The van der Waals surface area contributed by atoms with Crippen LogP contribution in [0.2, 0.25) is 0 Å². The first-order valence-corrected chi connectivity index (χ1v) is 8.58. The molecule has 1 aliphatic heterocycles. The number of amides is 2. The number of fused-ring (bicyclic) bond motifs is 5. The van der Waals surface area contributed by atoms with E-state index in [2.05, 4.69) is 13.8 Å². The number of carbonyl (C=O) groups excluding carboxylic acids is 3. The van der Waals surface area contributed by atoms with E-state index in [1.165, 1.54) is 23.0 Å². The minimum Gasteiger partial charge on any atom is -0.295 e. The van der Waals surface area contributed by atoms with Crippen LogP contribution in [0.25, 0.3) is 0 Å². The van der Waals surface area contributed by atoms with Gasteiger partial charge in [0, 0.05) is 5.56 Å². The molecule has 0 radical (unpaired) electrons. The van der Waals surface area contributed by atoms with Crippen LogP contribution in [0, 0.1) is 23.7 Å². The number of Topliss-reactive ketones (excluding diaryl/α,β-unsaturated/α-hetero) is 1. The summed E-state index contributed by atoms with van der Waals surface area (Å²) >= 11 is 0. The van der Waals surface area contributed by atoms with Gasteiger partial charge in [-0.3, -0.25) is 14.4 Å². The Hall–Kier alpha value is -2.23. The highest BCUT2D eigenvalue weighted by molar-refractivity contribution is 6.23. The monoisotopic (exact) mass is 323 g/mol. The molecule has 2 bridgehead atoms. The van der Waals surface area contributed by atoms with E-state index >= 15 is 0 Å². The van der Waals surface area contributed by atoms with Crippen molar-refractivity contribution in [2.24, 2.45) is 23.7 Å². The third-order valence-corrected chi connectivity index (χ3v) is 5.94. The highest BCUT2D eigenvalue weighted by Gasteiger charge is 2.63. The molecule has 2 saturated carbocycles. The summed E-state index contributed by atoms with van der Waals surface area (Å²) in [6, 6.07) is 6.84. The molecule has 124 valence electrons. The van der Waals surface area contributed by atoms with Gasteiger partial charge in [-0.05, 0) is 57.6 Å². The van der Waals surface area contributed by atoms with E-state index in [1.807, 2.05) is 0 Å². The average Bonchev–Trinajstić information content (AvgIpc) is 3.17. The quantitative estimate of drug-likeness (QED) is 0.476. The van der Waals surface area contributed by atoms with Gasteiger partial charge in [0.2, 0.25) is 11.8 Å². The second-order valence-electron chi connectivity index (χ2n) is 7.42. The summed E-state index contributed by atoms with van der Waals surface area (Å²) in [5.41, 5.74) is 3.68. The molecule has 2 amide bonds. The maximum Gasteiger partial charge on any atom is 0.238 e. The molecule has 4 nitrogen and oxygen atoms in total. The fourth-order valence-corrected chi connectivity index (χ4v) is 5.11. The predicted octanol–water partition coefficient (Wildman–Crippen LogP) is 3.37. The molecular weight excluding hydrogens is 302 g/mol. The number of carbonyl (C=O) groups is 3. The lowest BCUT2D eigenvalue weighted by molar-refractivity contribution is -0.123. The summed E-state index contributed by atoms with van der Waals surface area (Å²) in [6.07, 6.45) is 2.01. The third kappa shape index (κ3) is 1.89. The van der Waals surface area contributed by atoms with Crippen molar-refractivity contribution in [1.29, 1.82) is 0 Å². The first kappa shape index (κ1) is 15.3. The SMILES string of the molecule is CC(=O)c1cccc(N2C(=O)[C@H]3[C@H](C2=O)[C@@H]2CC[C@@H]3C2=C(C)C)c1. The van der Waals surface area contributed by atoms with E-state index < -0.39 is 0 Å². The zero-order valence-corrected chi connectivity index (χ0v) is 14.2. The highest BCUT2D eigenvalue weighted by atomic mass is 16.2. The topological polar surface area (TPSA) is 54.5 Å². The molecule has 24 heavy (non-hydrogen) atoms. The molecule has 0 N–H and O–H groups in total. The predicted molar refractivity (Wildman–Crippen MR) is 90.5 cm³/mol. The molecule has 4 atom stereocenters. The lowest BCUT2D eigenvalue weighted by Gasteiger charge is -2.19. The van der Waals surface area contributed by atoms with Gasteiger partial charge in [0.05, 0.1) is 17.5 Å². The van der Waals surface area contributed by atoms with Gasteiger partial charge in [-0.1, -0.05) is 23.3 Å². The van der Waals surface area contributed by atoms with Crippen LogP contribution in [-0.4, -0.2) is 17.6 Å². The number of hydrogen-bond acceptors (Lipinski definition) is 3. The number of rotatable bonds is 2. The normalized spacial score (nSPS) is 31.0. The van der Waals surface area contributed by atoms with E-state index in [0.29, 0.717) is 11.3 Å². The van der Waals surface area contributed by atoms with Gasteiger partial charge in [0.25, 0.3) is 0 Å². The van der Waals surface area contributed by atoms with E-state index in [4.69, 9.17) is 0 Å². The summed E-state index contributed by atoms with van der Waals surface area (Å²) < 4.78 is 0. The van der Waals surface area contributed by atoms with Crippen LogP contribution in [0.1, 0.15) is 44.0 Å². The number of anilines is 1. The van der Waals surface area contributed by atoms with Crippen molar-refractivity contribution in [3.05, 3.63) is 41.0 Å². The minimum absolute atomic E-state index is 0.0666. The average molecular weight is 323 g/mol. The second kappa shape index (κ2) is 5.13. The Morgan fingerprint density at radius 1 is 1.00 bits per heavy atom. The maximum absolute atomic E-state index is 13.0. The van der Waals surface area contributed by atoms with Crippen LogP contribution in [-0.2, 0) is 9.59 Å². The van der Waals surface area contributed by atoms with Crippen LogP contribution >= 0.6 is 0 Å². The minimum atomic E-state index is -0.206. The van der Waals surface area contributed by atoms with Gasteiger partial charge in [0.15, 0.2) is 5.78 Å². The summed E-state index contributed by atoms with van der Waals surface area (Å²) in [5.74, 6) is -0.203. The van der Waals surface area contributed by atoms with Gasteiger partial charge in [-0.25, -0.2) is 4.90 Å². The van der Waals surface area contributed by atoms with Gasteiger partial charge in [0.1, 0.15) is 0 Å². The number of benzene rings is 1. The summed E-state index contributed by atoms with van der Waals surface area (Å²) in [7, 11) is 0. The fourth-order valence-electron chi connectivity index (χ4n) is 5.11. The van der Waals surface area contributed by atoms with Gasteiger partial charge >= 0.3 is 0 Å². The van der Waals surface area contributed by atoms with Crippen LogP contribution in [0.4, 0.5) is 5.69 Å². The number of allylic oxidation sites excluding steroid dienone is 2. The first-order valence-electron chi connectivity index (χ1n) is 8.58. The zero-order valence-electron chi connectivity index (χ0n) is 14.2. The van der Waals surface area contributed by atoms with Crippen molar-refractivity contribution in [3.63, 3.8) is 0 Å². The van der Waals surface area contributed by atoms with Crippen LogP contribution in [0.15, 0.2) is 35.4 Å². The van der Waals surface area contributed by atoms with Crippen molar-refractivity contribution >= 4 is 23.3 Å². The zero-order chi connectivity index (χ0) is 17.2. The molecule has 4 rings (SSSR count). The standard InChI is InChI=1S/C20H21NO3/c1-10(2)16-14-7-8-15(16)18-17(14)19(23)21(20(18)24)13-6-4-5-12(9-13)11(3)22/h4-6,9,14-15,17-18H,7-8H2,1-3H3/t14-,15-,17-,18-/m1/s1. The maximum atomic E-state index is 13.0. The molecule has 0 spiro atoms. The molecule has 3 fully saturated rings. The molecule has 0 aromatic heterocycles. The number of imide groups is 1. The lowest BCUT2D eigenvalue weighted by atomic mass is 9.81. The molecule has 2 aliphatic carbocycles. The fraction of sp³-hybridized carbons (Fsp3) is 0.450. The van der Waals surface area contributed by atoms with Crippen molar-refractivity contribution in [1.82, 2.24) is 0 Å². The molecule has 3 aliphatic rings. The number of nitrogens with zero attached hydrogens (tertiary/aromatic N) is 1. The Kier molecular flexibility index (Phi) is 3.27. The highest BCUT2D eigenvalue weighted by Crippen LogP contribution is 2.60. The van der Waals surface area contributed by atoms with Gasteiger partial charge in [-0.2, -0.15) is 0 Å². The van der Waals surface area contributed by atoms with Crippen molar-refractivity contribution < 1.29 is 14.4 Å². The number of ketones is 1. The molecule has 1 saturated heterocycles. The van der Waals surface area contributed by atoms with E-state index in [9.17, 15) is 14.4 Å². The Bertz CT molecular complexity index is 771. The largest absolute Gasteiger partial charge is 0.295 e. The van der Waals surface area contributed by atoms with Crippen molar-refractivity contribution in [2.75, 3.05) is 4.90 Å². The molecule has 1 heterocycles. The Labute approximate surface area is 141 Å². The third-order valence-electron chi connectivity index (χ3n) is 5.94. The number of hydrogen-bond donors (Lipinski definition) is 0. The Morgan fingerprint density at radius 2 is 1.58 bits per heavy atom. The Balaban J connectivity index is 1.75. The second-order valence-corrected chi connectivity index (χ2v) is 7.42. The van der Waals surface area contributed by atoms with E-state index in [0.717, 1.165) is 12.8 Å². The molecule has 1 aromatic carbocycles. The first-order chi connectivity index (χ1) is 11.4. The van der Waals surface area contributed by atoms with Gasteiger partial charge in [-0.15, -0.1) is 0 Å².